The van der Waals surface area contributed by atoms with Crippen molar-refractivity contribution in [1.29, 1.82) is 0 Å². The van der Waals surface area contributed by atoms with Crippen molar-refractivity contribution in [2.75, 3.05) is 0 Å². The second kappa shape index (κ2) is 6.97. The zero-order valence-electron chi connectivity index (χ0n) is 11.4. The number of hydrazine groups is 1. The molecular weight excluding hydrogens is 319 g/mol. The Balaban J connectivity index is 2.11. The van der Waals surface area contributed by atoms with Crippen LogP contribution in [-0.2, 0) is 12.8 Å². The van der Waals surface area contributed by atoms with Crippen LogP contribution in [0.1, 0.15) is 16.7 Å². The fourth-order valence-electron chi connectivity index (χ4n) is 2.25. The molecule has 0 spiro atoms. The van der Waals surface area contributed by atoms with Crippen LogP contribution in [0.5, 0.6) is 0 Å². The van der Waals surface area contributed by atoms with Gasteiger partial charge in [-0.05, 0) is 48.6 Å². The number of nitrogens with two attached hydrogens (primary N) is 1. The summed E-state index contributed by atoms with van der Waals surface area (Å²) in [7, 11) is 0. The zero-order valence-corrected chi connectivity index (χ0v) is 13.0. The molecule has 2 aromatic carbocycles. The summed E-state index contributed by atoms with van der Waals surface area (Å²) >= 11 is 3.40. The van der Waals surface area contributed by atoms with Gasteiger partial charge in [-0.15, -0.1) is 0 Å². The normalized spacial score (nSPS) is 12.4. The monoisotopic (exact) mass is 336 g/mol. The van der Waals surface area contributed by atoms with E-state index in [-0.39, 0.29) is 11.9 Å². The van der Waals surface area contributed by atoms with Crippen LogP contribution in [0.25, 0.3) is 0 Å². The molecule has 0 fully saturated rings. The molecule has 2 rings (SSSR count). The molecule has 1 atom stereocenters. The topological polar surface area (TPSA) is 38.0 Å². The average Bonchev–Trinajstić information content (AvgIpc) is 2.43. The van der Waals surface area contributed by atoms with Gasteiger partial charge in [-0.2, -0.15) is 0 Å². The third kappa shape index (κ3) is 3.88. The number of aryl methyl sites for hydroxylation is 1. The molecule has 0 aliphatic rings. The number of halogens is 2. The third-order valence-corrected chi connectivity index (χ3v) is 4.18. The van der Waals surface area contributed by atoms with Gasteiger partial charge in [0.25, 0.3) is 0 Å². The fourth-order valence-corrected chi connectivity index (χ4v) is 2.76. The van der Waals surface area contributed by atoms with Crippen molar-refractivity contribution in [2.24, 2.45) is 5.84 Å². The second-order valence-electron chi connectivity index (χ2n) is 4.93. The van der Waals surface area contributed by atoms with Gasteiger partial charge in [0.15, 0.2) is 0 Å². The van der Waals surface area contributed by atoms with E-state index in [0.717, 1.165) is 22.9 Å². The molecule has 2 aromatic rings. The molecule has 0 amide bonds. The van der Waals surface area contributed by atoms with Crippen molar-refractivity contribution < 1.29 is 4.39 Å². The van der Waals surface area contributed by atoms with Crippen LogP contribution in [0.15, 0.2) is 46.9 Å². The lowest BCUT2D eigenvalue weighted by molar-refractivity contribution is 0.520. The smallest absolute Gasteiger partial charge is 0.124 e. The highest BCUT2D eigenvalue weighted by atomic mass is 79.9. The van der Waals surface area contributed by atoms with Crippen LogP contribution in [0.2, 0.25) is 0 Å². The van der Waals surface area contributed by atoms with E-state index in [0.29, 0.717) is 0 Å². The highest BCUT2D eigenvalue weighted by Gasteiger charge is 2.12. The number of hydrogen-bond donors (Lipinski definition) is 2. The number of hydrogen-bond acceptors (Lipinski definition) is 2. The molecule has 0 radical (unpaired) electrons. The minimum absolute atomic E-state index is 0.109. The SMILES string of the molecule is Cc1ccccc1CC(Cc1ccc(F)cc1Br)NN. The molecule has 0 bridgehead atoms. The molecule has 1 unspecified atom stereocenters. The lowest BCUT2D eigenvalue weighted by atomic mass is 9.97. The van der Waals surface area contributed by atoms with Gasteiger partial charge >= 0.3 is 0 Å². The van der Waals surface area contributed by atoms with Gasteiger partial charge in [-0.1, -0.05) is 46.3 Å². The van der Waals surface area contributed by atoms with E-state index in [1.807, 2.05) is 12.1 Å². The highest BCUT2D eigenvalue weighted by Crippen LogP contribution is 2.21. The van der Waals surface area contributed by atoms with E-state index < -0.39 is 0 Å². The Kier molecular flexibility index (Phi) is 5.29. The summed E-state index contributed by atoms with van der Waals surface area (Å²) in [6, 6.07) is 13.1. The molecular formula is C16H18BrFN2. The first-order valence-corrected chi connectivity index (χ1v) is 7.34. The van der Waals surface area contributed by atoms with Gasteiger partial charge in [-0.3, -0.25) is 11.3 Å². The van der Waals surface area contributed by atoms with Crippen molar-refractivity contribution in [2.45, 2.75) is 25.8 Å². The van der Waals surface area contributed by atoms with Crippen LogP contribution in [0.4, 0.5) is 4.39 Å². The standard InChI is InChI=1S/C16H18BrFN2/c1-11-4-2-3-5-12(11)8-15(20-19)9-13-6-7-14(18)10-16(13)17/h2-7,10,15,20H,8-9,19H2,1H3. The Bertz CT molecular complexity index is 586. The molecule has 106 valence electrons. The largest absolute Gasteiger partial charge is 0.271 e. The van der Waals surface area contributed by atoms with E-state index in [4.69, 9.17) is 5.84 Å². The molecule has 0 aliphatic heterocycles. The molecule has 0 aromatic heterocycles. The predicted molar refractivity (Wildman–Crippen MR) is 83.8 cm³/mol. The van der Waals surface area contributed by atoms with Crippen LogP contribution >= 0.6 is 15.9 Å². The summed E-state index contributed by atoms with van der Waals surface area (Å²) < 4.78 is 13.9. The quantitative estimate of drug-likeness (QED) is 0.647. The third-order valence-electron chi connectivity index (χ3n) is 3.44. The summed E-state index contributed by atoms with van der Waals surface area (Å²) in [5.74, 6) is 5.42. The first kappa shape index (κ1) is 15.2. The number of rotatable bonds is 5. The van der Waals surface area contributed by atoms with E-state index in [1.165, 1.54) is 23.3 Å². The highest BCUT2D eigenvalue weighted by molar-refractivity contribution is 9.10. The van der Waals surface area contributed by atoms with Crippen molar-refractivity contribution in [3.05, 3.63) is 69.4 Å². The summed E-state index contributed by atoms with van der Waals surface area (Å²) in [5, 5.41) is 0. The van der Waals surface area contributed by atoms with Crippen molar-refractivity contribution >= 4 is 15.9 Å². The number of benzene rings is 2. The maximum absolute atomic E-state index is 13.1. The Morgan fingerprint density at radius 3 is 2.50 bits per heavy atom. The van der Waals surface area contributed by atoms with E-state index in [1.54, 1.807) is 6.07 Å². The first-order valence-electron chi connectivity index (χ1n) is 6.54. The van der Waals surface area contributed by atoms with Crippen molar-refractivity contribution in [3.8, 4) is 0 Å². The van der Waals surface area contributed by atoms with Gasteiger partial charge in [-0.25, -0.2) is 4.39 Å². The average molecular weight is 337 g/mol. The number of nitrogens with one attached hydrogen (secondary N) is 1. The lowest BCUT2D eigenvalue weighted by Crippen LogP contribution is -2.38. The maximum atomic E-state index is 13.1. The predicted octanol–water partition coefficient (Wildman–Crippen LogP) is 3.51. The maximum Gasteiger partial charge on any atom is 0.124 e. The first-order chi connectivity index (χ1) is 9.60. The molecule has 4 heteroatoms. The molecule has 0 saturated carbocycles. The van der Waals surface area contributed by atoms with Crippen molar-refractivity contribution in [1.82, 2.24) is 5.43 Å². The Morgan fingerprint density at radius 2 is 1.85 bits per heavy atom. The van der Waals surface area contributed by atoms with Gasteiger partial charge in [0.05, 0.1) is 0 Å². The van der Waals surface area contributed by atoms with E-state index >= 15 is 0 Å². The lowest BCUT2D eigenvalue weighted by Gasteiger charge is -2.18. The molecule has 0 heterocycles. The second-order valence-corrected chi connectivity index (χ2v) is 5.79. The fraction of sp³-hybridized carbons (Fsp3) is 0.250. The zero-order chi connectivity index (χ0) is 14.5. The van der Waals surface area contributed by atoms with Crippen LogP contribution < -0.4 is 11.3 Å². The Labute approximate surface area is 127 Å². The van der Waals surface area contributed by atoms with Gasteiger partial charge in [0.1, 0.15) is 5.82 Å². The molecule has 3 N–H and O–H groups in total. The Morgan fingerprint density at radius 1 is 1.15 bits per heavy atom. The van der Waals surface area contributed by atoms with Gasteiger partial charge < -0.3 is 0 Å². The minimum atomic E-state index is -0.239. The van der Waals surface area contributed by atoms with Crippen LogP contribution in [0.3, 0.4) is 0 Å². The Hall–Kier alpha value is -1.23. The molecule has 20 heavy (non-hydrogen) atoms. The molecule has 0 saturated heterocycles. The van der Waals surface area contributed by atoms with Crippen molar-refractivity contribution in [3.63, 3.8) is 0 Å². The minimum Gasteiger partial charge on any atom is -0.271 e. The summed E-state index contributed by atoms with van der Waals surface area (Å²) in [6.45, 7) is 2.09. The van der Waals surface area contributed by atoms with E-state index in [9.17, 15) is 4.39 Å². The summed E-state index contributed by atoms with van der Waals surface area (Å²) in [6.07, 6.45) is 1.58. The summed E-state index contributed by atoms with van der Waals surface area (Å²) in [4.78, 5) is 0. The molecule has 2 nitrogen and oxygen atoms in total. The summed E-state index contributed by atoms with van der Waals surface area (Å²) in [5.41, 5.74) is 6.43. The van der Waals surface area contributed by atoms with Gasteiger partial charge in [0, 0.05) is 10.5 Å². The van der Waals surface area contributed by atoms with Gasteiger partial charge in [0.2, 0.25) is 0 Å². The van der Waals surface area contributed by atoms with Crippen LogP contribution in [0, 0.1) is 12.7 Å². The van der Waals surface area contributed by atoms with Crippen LogP contribution in [-0.4, -0.2) is 6.04 Å². The van der Waals surface area contributed by atoms with E-state index in [2.05, 4.69) is 40.4 Å². The molecule has 0 aliphatic carbocycles.